The molecular formula is C16H16F2N4O. The quantitative estimate of drug-likeness (QED) is 0.785. The maximum absolute atomic E-state index is 12.8. The second-order valence-corrected chi connectivity index (χ2v) is 5.04. The number of nitrogens with one attached hydrogen (secondary N) is 1. The van der Waals surface area contributed by atoms with Crippen LogP contribution in [0.3, 0.4) is 0 Å². The van der Waals surface area contributed by atoms with Crippen LogP contribution < -0.4 is 5.32 Å². The number of benzene rings is 1. The second-order valence-electron chi connectivity index (χ2n) is 5.04. The summed E-state index contributed by atoms with van der Waals surface area (Å²) in [5, 5.41) is 3.62. The molecule has 3 rings (SSSR count). The topological polar surface area (TPSA) is 51.9 Å². The highest BCUT2D eigenvalue weighted by molar-refractivity contribution is 5.98. The van der Waals surface area contributed by atoms with Crippen LogP contribution in [0.4, 0.5) is 8.78 Å². The molecule has 3 aromatic rings. The van der Waals surface area contributed by atoms with Crippen LogP contribution in [0.2, 0.25) is 0 Å². The molecule has 0 saturated heterocycles. The minimum Gasteiger partial charge on any atom is -0.344 e. The van der Waals surface area contributed by atoms with Crippen molar-refractivity contribution in [3.8, 4) is 0 Å². The molecule has 0 aliphatic carbocycles. The van der Waals surface area contributed by atoms with E-state index in [0.717, 1.165) is 15.5 Å². The highest BCUT2D eigenvalue weighted by Gasteiger charge is 2.16. The molecule has 0 unspecified atom stereocenters. The number of amides is 1. The van der Waals surface area contributed by atoms with Crippen molar-refractivity contribution < 1.29 is 13.6 Å². The first kappa shape index (κ1) is 15.2. The van der Waals surface area contributed by atoms with Gasteiger partial charge >= 0.3 is 6.55 Å². The summed E-state index contributed by atoms with van der Waals surface area (Å²) in [4.78, 5) is 16.3. The number of hydrogen-bond donors (Lipinski definition) is 1. The fourth-order valence-corrected chi connectivity index (χ4v) is 2.65. The second kappa shape index (κ2) is 6.20. The van der Waals surface area contributed by atoms with Crippen LogP contribution in [0, 0.1) is 0 Å². The van der Waals surface area contributed by atoms with Gasteiger partial charge in [-0.3, -0.25) is 9.36 Å². The first-order valence-corrected chi connectivity index (χ1v) is 7.28. The molecule has 120 valence electrons. The standard InChI is InChI=1S/C16H16F2N4O/c1-2-21-12-6-4-3-5-11(12)9-13(21)15(23)20-10-14-19-7-8-22(14)16(17)18/h3-9,16H,2,10H2,1H3,(H,20,23). The first-order chi connectivity index (χ1) is 11.1. The van der Waals surface area contributed by atoms with Crippen molar-refractivity contribution in [3.63, 3.8) is 0 Å². The van der Waals surface area contributed by atoms with Crippen LogP contribution in [0.5, 0.6) is 0 Å². The van der Waals surface area contributed by atoms with Gasteiger partial charge in [-0.05, 0) is 19.1 Å². The Morgan fingerprint density at radius 2 is 2.13 bits per heavy atom. The average Bonchev–Trinajstić information content (AvgIpc) is 3.16. The summed E-state index contributed by atoms with van der Waals surface area (Å²) in [7, 11) is 0. The van der Waals surface area contributed by atoms with E-state index in [0.29, 0.717) is 12.2 Å². The summed E-state index contributed by atoms with van der Waals surface area (Å²) >= 11 is 0. The Morgan fingerprint density at radius 3 is 2.87 bits per heavy atom. The van der Waals surface area contributed by atoms with Crippen molar-refractivity contribution in [1.82, 2.24) is 19.4 Å². The van der Waals surface area contributed by atoms with E-state index in [2.05, 4.69) is 10.3 Å². The van der Waals surface area contributed by atoms with Crippen molar-refractivity contribution in [2.45, 2.75) is 26.6 Å². The van der Waals surface area contributed by atoms with Gasteiger partial charge in [-0.1, -0.05) is 18.2 Å². The number of halogens is 2. The lowest BCUT2D eigenvalue weighted by Gasteiger charge is -2.10. The first-order valence-electron chi connectivity index (χ1n) is 7.28. The fraction of sp³-hybridized carbons (Fsp3) is 0.250. The zero-order chi connectivity index (χ0) is 16.4. The van der Waals surface area contributed by atoms with Gasteiger partial charge in [-0.2, -0.15) is 8.78 Å². The molecular weight excluding hydrogens is 302 g/mol. The van der Waals surface area contributed by atoms with E-state index in [1.54, 1.807) is 6.07 Å². The van der Waals surface area contributed by atoms with Gasteiger partial charge in [0.15, 0.2) is 0 Å². The highest BCUT2D eigenvalue weighted by Crippen LogP contribution is 2.20. The van der Waals surface area contributed by atoms with Gasteiger partial charge in [0.1, 0.15) is 11.5 Å². The predicted molar refractivity (Wildman–Crippen MR) is 82.3 cm³/mol. The molecule has 5 nitrogen and oxygen atoms in total. The number of fused-ring (bicyclic) bond motifs is 1. The van der Waals surface area contributed by atoms with E-state index >= 15 is 0 Å². The van der Waals surface area contributed by atoms with Crippen molar-refractivity contribution >= 4 is 16.8 Å². The number of imidazole rings is 1. The van der Waals surface area contributed by atoms with E-state index in [9.17, 15) is 13.6 Å². The van der Waals surface area contributed by atoms with Gasteiger partial charge in [0.05, 0.1) is 6.54 Å². The van der Waals surface area contributed by atoms with Crippen molar-refractivity contribution in [1.29, 1.82) is 0 Å². The predicted octanol–water partition coefficient (Wildman–Crippen LogP) is 3.18. The Balaban J connectivity index is 1.82. The van der Waals surface area contributed by atoms with Gasteiger partial charge in [0.2, 0.25) is 0 Å². The molecule has 0 aliphatic heterocycles. The number of alkyl halides is 2. The van der Waals surface area contributed by atoms with Crippen molar-refractivity contribution in [2.75, 3.05) is 0 Å². The molecule has 2 aromatic heterocycles. The Morgan fingerprint density at radius 1 is 1.35 bits per heavy atom. The number of rotatable bonds is 5. The number of aromatic nitrogens is 3. The molecule has 0 aliphatic rings. The molecule has 0 atom stereocenters. The number of para-hydroxylation sites is 1. The SMILES string of the molecule is CCn1c(C(=O)NCc2nccn2C(F)F)cc2ccccc21. The van der Waals surface area contributed by atoms with Gasteiger partial charge in [-0.25, -0.2) is 4.98 Å². The lowest BCUT2D eigenvalue weighted by atomic mass is 10.2. The van der Waals surface area contributed by atoms with Gasteiger partial charge in [-0.15, -0.1) is 0 Å². The van der Waals surface area contributed by atoms with E-state index in [1.807, 2.05) is 35.8 Å². The average molecular weight is 318 g/mol. The number of nitrogens with zero attached hydrogens (tertiary/aromatic N) is 3. The van der Waals surface area contributed by atoms with Crippen LogP contribution in [0.25, 0.3) is 10.9 Å². The third-order valence-electron chi connectivity index (χ3n) is 3.73. The molecule has 7 heteroatoms. The smallest absolute Gasteiger partial charge is 0.319 e. The molecule has 0 radical (unpaired) electrons. The molecule has 0 bridgehead atoms. The zero-order valence-corrected chi connectivity index (χ0v) is 12.5. The normalized spacial score (nSPS) is 11.3. The van der Waals surface area contributed by atoms with Gasteiger partial charge < -0.3 is 9.88 Å². The summed E-state index contributed by atoms with van der Waals surface area (Å²) in [6.45, 7) is -0.137. The molecule has 0 spiro atoms. The summed E-state index contributed by atoms with van der Waals surface area (Å²) in [6, 6.07) is 9.49. The summed E-state index contributed by atoms with van der Waals surface area (Å²) in [5.74, 6) is -0.195. The Bertz CT molecular complexity index is 838. The lowest BCUT2D eigenvalue weighted by Crippen LogP contribution is -2.27. The number of aryl methyl sites for hydroxylation is 1. The Labute approximate surface area is 131 Å². The maximum Gasteiger partial charge on any atom is 0.319 e. The molecule has 0 fully saturated rings. The largest absolute Gasteiger partial charge is 0.344 e. The molecule has 0 saturated carbocycles. The third kappa shape index (κ3) is 2.81. The van der Waals surface area contributed by atoms with Crippen molar-refractivity contribution in [3.05, 3.63) is 54.2 Å². The van der Waals surface area contributed by atoms with Gasteiger partial charge in [0, 0.05) is 29.8 Å². The third-order valence-corrected chi connectivity index (χ3v) is 3.73. The Hall–Kier alpha value is -2.70. The highest BCUT2D eigenvalue weighted by atomic mass is 19.3. The van der Waals surface area contributed by atoms with E-state index < -0.39 is 6.55 Å². The minimum absolute atomic E-state index is 0.0542. The molecule has 1 amide bonds. The number of carbonyl (C=O) groups excluding carboxylic acids is 1. The van der Waals surface area contributed by atoms with Crippen LogP contribution in [-0.4, -0.2) is 20.0 Å². The molecule has 2 heterocycles. The molecule has 1 N–H and O–H groups in total. The van der Waals surface area contributed by atoms with E-state index in [-0.39, 0.29) is 18.3 Å². The van der Waals surface area contributed by atoms with Gasteiger partial charge in [0.25, 0.3) is 5.91 Å². The van der Waals surface area contributed by atoms with Crippen LogP contribution in [0.15, 0.2) is 42.7 Å². The minimum atomic E-state index is -2.67. The van der Waals surface area contributed by atoms with Crippen molar-refractivity contribution in [2.24, 2.45) is 0 Å². The maximum atomic E-state index is 12.8. The van der Waals surface area contributed by atoms with Crippen LogP contribution in [0.1, 0.15) is 29.8 Å². The van der Waals surface area contributed by atoms with E-state index in [1.165, 1.54) is 12.4 Å². The summed E-state index contributed by atoms with van der Waals surface area (Å²) < 4.78 is 28.2. The number of carbonyl (C=O) groups is 1. The zero-order valence-electron chi connectivity index (χ0n) is 12.5. The van der Waals surface area contributed by atoms with Crippen LogP contribution >= 0.6 is 0 Å². The van der Waals surface area contributed by atoms with Crippen LogP contribution in [-0.2, 0) is 13.1 Å². The molecule has 1 aromatic carbocycles. The number of hydrogen-bond acceptors (Lipinski definition) is 2. The summed E-state index contributed by atoms with van der Waals surface area (Å²) in [5.41, 5.74) is 1.47. The molecule has 23 heavy (non-hydrogen) atoms. The van der Waals surface area contributed by atoms with E-state index in [4.69, 9.17) is 0 Å². The fourth-order valence-electron chi connectivity index (χ4n) is 2.65. The monoisotopic (exact) mass is 318 g/mol. The lowest BCUT2D eigenvalue weighted by molar-refractivity contribution is 0.0660. The Kier molecular flexibility index (Phi) is 4.10. The summed E-state index contributed by atoms with van der Waals surface area (Å²) in [6.07, 6.45) is 2.48.